The molecule has 0 bridgehead atoms. The Labute approximate surface area is 198 Å². The van der Waals surface area contributed by atoms with Crippen molar-refractivity contribution in [3.05, 3.63) is 96.1 Å². The standard InChI is InChI=1S/C12H11OP.C10H14.2BrH.Ru/c13-14(11-7-3-1-4-8-11)12-9-5-2-6-10-12;1-8(2)10-6-4-9(3)5-7-10;;;/h1-10,13H;4-8H,1-3H3;2*1H;. The first-order valence-electron chi connectivity index (χ1n) is 8.23. The Kier molecular flexibility index (Phi) is 16.6. The molecule has 27 heavy (non-hydrogen) atoms. The van der Waals surface area contributed by atoms with Gasteiger partial charge < -0.3 is 4.89 Å². The van der Waals surface area contributed by atoms with Crippen molar-refractivity contribution in [1.82, 2.24) is 0 Å². The molecule has 0 aromatic heterocycles. The van der Waals surface area contributed by atoms with Crippen LogP contribution in [0.15, 0.2) is 84.9 Å². The Morgan fingerprint density at radius 3 is 1.37 bits per heavy atom. The molecule has 0 atom stereocenters. The maximum atomic E-state index is 10.1. The van der Waals surface area contributed by atoms with Gasteiger partial charge in [0.2, 0.25) is 0 Å². The van der Waals surface area contributed by atoms with Gasteiger partial charge in [-0.25, -0.2) is 0 Å². The summed E-state index contributed by atoms with van der Waals surface area (Å²) < 4.78 is 0. The predicted octanol–water partition coefficient (Wildman–Crippen LogP) is 6.30. The van der Waals surface area contributed by atoms with E-state index in [1.807, 2.05) is 60.7 Å². The Morgan fingerprint density at radius 2 is 1.04 bits per heavy atom. The van der Waals surface area contributed by atoms with Gasteiger partial charge in [-0.05, 0) is 18.4 Å². The second-order valence-electron chi connectivity index (χ2n) is 6.05. The first-order chi connectivity index (χ1) is 11.6. The van der Waals surface area contributed by atoms with E-state index in [4.69, 9.17) is 0 Å². The molecule has 3 aromatic carbocycles. The zero-order chi connectivity index (χ0) is 17.4. The first kappa shape index (κ1) is 28.8. The summed E-state index contributed by atoms with van der Waals surface area (Å²) >= 11 is 0. The number of rotatable bonds is 3. The van der Waals surface area contributed by atoms with Crippen molar-refractivity contribution >= 4 is 52.7 Å². The van der Waals surface area contributed by atoms with E-state index in [2.05, 4.69) is 45.0 Å². The fourth-order valence-electron chi connectivity index (χ4n) is 2.24. The fourth-order valence-corrected chi connectivity index (χ4v) is 3.45. The van der Waals surface area contributed by atoms with Crippen LogP contribution in [0, 0.1) is 6.92 Å². The zero-order valence-corrected chi connectivity index (χ0v) is 21.8. The molecule has 0 spiro atoms. The smallest absolute Gasteiger partial charge is 0.0877 e. The van der Waals surface area contributed by atoms with Gasteiger partial charge in [0.05, 0.1) is 8.15 Å². The molecule has 0 unspecified atom stereocenters. The van der Waals surface area contributed by atoms with E-state index >= 15 is 0 Å². The third-order valence-electron chi connectivity index (χ3n) is 3.75. The van der Waals surface area contributed by atoms with E-state index in [1.54, 1.807) is 0 Å². The molecule has 0 radical (unpaired) electrons. The van der Waals surface area contributed by atoms with Gasteiger partial charge in [0.1, 0.15) is 0 Å². The van der Waals surface area contributed by atoms with Crippen molar-refractivity contribution in [2.24, 2.45) is 0 Å². The molecule has 0 aliphatic rings. The Bertz CT molecular complexity index is 683. The van der Waals surface area contributed by atoms with E-state index in [9.17, 15) is 4.89 Å². The fraction of sp³-hybridized carbons (Fsp3) is 0.182. The second-order valence-corrected chi connectivity index (χ2v) is 7.70. The third kappa shape index (κ3) is 10.1. The summed E-state index contributed by atoms with van der Waals surface area (Å²) in [5.41, 5.74) is 2.76. The van der Waals surface area contributed by atoms with E-state index in [1.165, 1.54) is 11.1 Å². The number of aryl methyl sites for hydroxylation is 1. The van der Waals surface area contributed by atoms with Crippen molar-refractivity contribution in [1.29, 1.82) is 0 Å². The summed E-state index contributed by atoms with van der Waals surface area (Å²) in [6.07, 6.45) is 0. The molecular formula is C22H27Br2OPRu. The molecular weight excluding hydrogens is 572 g/mol. The average molecular weight is 599 g/mol. The molecule has 148 valence electrons. The zero-order valence-electron chi connectivity index (χ0n) is 15.7. The van der Waals surface area contributed by atoms with Crippen LogP contribution < -0.4 is 10.6 Å². The topological polar surface area (TPSA) is 20.2 Å². The number of hydrogen-bond donors (Lipinski definition) is 1. The molecule has 5 heteroatoms. The summed E-state index contributed by atoms with van der Waals surface area (Å²) in [6, 6.07) is 28.2. The van der Waals surface area contributed by atoms with Crippen LogP contribution in [0.4, 0.5) is 0 Å². The third-order valence-corrected chi connectivity index (χ3v) is 5.32. The Balaban J connectivity index is 0. The van der Waals surface area contributed by atoms with Gasteiger partial charge in [-0.2, -0.15) is 0 Å². The van der Waals surface area contributed by atoms with Crippen LogP contribution in [-0.2, 0) is 19.5 Å². The summed E-state index contributed by atoms with van der Waals surface area (Å²) in [5, 5.41) is 1.99. The number of benzene rings is 3. The number of halogens is 2. The minimum Gasteiger partial charge on any atom is -0.364 e. The maximum Gasteiger partial charge on any atom is 0.0877 e. The minimum atomic E-state index is -1.17. The van der Waals surface area contributed by atoms with Crippen LogP contribution in [0.1, 0.15) is 30.9 Å². The molecule has 0 heterocycles. The van der Waals surface area contributed by atoms with E-state index in [0.717, 1.165) is 10.6 Å². The summed E-state index contributed by atoms with van der Waals surface area (Å²) in [4.78, 5) is 10.1. The largest absolute Gasteiger partial charge is 0.364 e. The first-order valence-corrected chi connectivity index (χ1v) is 9.53. The molecule has 0 saturated carbocycles. The molecule has 0 amide bonds. The molecule has 1 nitrogen and oxygen atoms in total. The van der Waals surface area contributed by atoms with Gasteiger partial charge in [-0.1, -0.05) is 104 Å². The minimum absolute atomic E-state index is 0. The van der Waals surface area contributed by atoms with E-state index in [0.29, 0.717) is 5.92 Å². The molecule has 1 N–H and O–H groups in total. The normalized spacial score (nSPS) is 9.26. The van der Waals surface area contributed by atoms with Crippen LogP contribution >= 0.6 is 42.1 Å². The van der Waals surface area contributed by atoms with Crippen LogP contribution in [0.2, 0.25) is 0 Å². The van der Waals surface area contributed by atoms with Crippen molar-refractivity contribution in [2.45, 2.75) is 26.7 Å². The summed E-state index contributed by atoms with van der Waals surface area (Å²) in [5.74, 6) is 0.653. The van der Waals surface area contributed by atoms with Crippen LogP contribution in [0.25, 0.3) is 0 Å². The summed E-state index contributed by atoms with van der Waals surface area (Å²) in [7, 11) is -1.17. The van der Waals surface area contributed by atoms with Gasteiger partial charge >= 0.3 is 0 Å². The SMILES string of the molecule is Br.Br.Cc1ccc(C(C)C)cc1.OP(c1ccccc1)c1ccccc1.[Ru]. The van der Waals surface area contributed by atoms with Crippen molar-refractivity contribution < 1.29 is 24.4 Å². The van der Waals surface area contributed by atoms with Crippen molar-refractivity contribution in [2.75, 3.05) is 0 Å². The molecule has 0 saturated heterocycles. The van der Waals surface area contributed by atoms with Gasteiger partial charge in [0, 0.05) is 30.1 Å². The molecule has 0 aliphatic carbocycles. The summed E-state index contributed by atoms with van der Waals surface area (Å²) in [6.45, 7) is 6.54. The Morgan fingerprint density at radius 1 is 0.667 bits per heavy atom. The van der Waals surface area contributed by atoms with E-state index in [-0.39, 0.29) is 53.4 Å². The van der Waals surface area contributed by atoms with E-state index < -0.39 is 8.15 Å². The molecule has 3 aromatic rings. The van der Waals surface area contributed by atoms with Gasteiger partial charge in [0.15, 0.2) is 0 Å². The maximum absolute atomic E-state index is 10.1. The van der Waals surface area contributed by atoms with Gasteiger partial charge in [-0.15, -0.1) is 34.0 Å². The van der Waals surface area contributed by atoms with Gasteiger partial charge in [0.25, 0.3) is 0 Å². The van der Waals surface area contributed by atoms with Gasteiger partial charge in [-0.3, -0.25) is 0 Å². The van der Waals surface area contributed by atoms with Crippen molar-refractivity contribution in [3.8, 4) is 0 Å². The number of hydrogen-bond acceptors (Lipinski definition) is 1. The van der Waals surface area contributed by atoms with Crippen LogP contribution in [-0.4, -0.2) is 4.89 Å². The van der Waals surface area contributed by atoms with Crippen LogP contribution in [0.5, 0.6) is 0 Å². The predicted molar refractivity (Wildman–Crippen MR) is 127 cm³/mol. The molecule has 3 rings (SSSR count). The Hall–Kier alpha value is -0.367. The van der Waals surface area contributed by atoms with Crippen molar-refractivity contribution in [3.63, 3.8) is 0 Å². The monoisotopic (exact) mass is 598 g/mol. The molecule has 0 fully saturated rings. The average Bonchev–Trinajstić information content (AvgIpc) is 2.63. The van der Waals surface area contributed by atoms with Crippen LogP contribution in [0.3, 0.4) is 0 Å². The molecule has 0 aliphatic heterocycles. The second kappa shape index (κ2) is 15.5. The quantitative estimate of drug-likeness (QED) is 0.277.